The Morgan fingerprint density at radius 1 is 1.35 bits per heavy atom. The highest BCUT2D eigenvalue weighted by Crippen LogP contribution is 2.29. The minimum atomic E-state index is -0.605. The second kappa shape index (κ2) is 6.29. The molecule has 2 aromatic rings. The standard InChI is InChI=1S/C14H16FN5O3/c1-10-16-14(17-23-10)9-18-4-6-19(7-5-18)12-3-2-11(15)8-13(12)20(21)22/h2-3,8H,4-7,9H2,1H3. The second-order valence-electron chi connectivity index (χ2n) is 5.38. The zero-order chi connectivity index (χ0) is 16.4. The van der Waals surface area contributed by atoms with Crippen LogP contribution in [-0.4, -0.2) is 46.1 Å². The minimum absolute atomic E-state index is 0.202. The molecular weight excluding hydrogens is 305 g/mol. The monoisotopic (exact) mass is 321 g/mol. The maximum absolute atomic E-state index is 13.2. The lowest BCUT2D eigenvalue weighted by Gasteiger charge is -2.35. The molecule has 1 aromatic carbocycles. The summed E-state index contributed by atoms with van der Waals surface area (Å²) in [6, 6.07) is 3.67. The molecule has 0 N–H and O–H groups in total. The maximum atomic E-state index is 13.2. The number of rotatable bonds is 4. The first-order chi connectivity index (χ1) is 11.0. The van der Waals surface area contributed by atoms with Crippen LogP contribution in [0.3, 0.4) is 0 Å². The van der Waals surface area contributed by atoms with Gasteiger partial charge in [0.05, 0.1) is 17.5 Å². The second-order valence-corrected chi connectivity index (χ2v) is 5.38. The predicted molar refractivity (Wildman–Crippen MR) is 79.6 cm³/mol. The number of hydrogen-bond donors (Lipinski definition) is 0. The molecule has 1 aliphatic rings. The van der Waals surface area contributed by atoms with Crippen molar-refractivity contribution in [3.05, 3.63) is 45.8 Å². The van der Waals surface area contributed by atoms with Gasteiger partial charge in [-0.25, -0.2) is 4.39 Å². The summed E-state index contributed by atoms with van der Waals surface area (Å²) < 4.78 is 18.2. The third-order valence-electron chi connectivity index (χ3n) is 3.78. The number of nitrogens with zero attached hydrogens (tertiary/aromatic N) is 5. The Bertz CT molecular complexity index is 712. The van der Waals surface area contributed by atoms with Gasteiger partial charge in [0.15, 0.2) is 5.82 Å². The van der Waals surface area contributed by atoms with E-state index in [9.17, 15) is 14.5 Å². The van der Waals surface area contributed by atoms with Gasteiger partial charge >= 0.3 is 0 Å². The van der Waals surface area contributed by atoms with Crippen molar-refractivity contribution in [2.45, 2.75) is 13.5 Å². The number of hydrogen-bond acceptors (Lipinski definition) is 7. The number of nitro benzene ring substituents is 1. The fraction of sp³-hybridized carbons (Fsp3) is 0.429. The Kier molecular flexibility index (Phi) is 4.20. The number of nitro groups is 1. The molecule has 1 saturated heterocycles. The smallest absolute Gasteiger partial charge is 0.295 e. The summed E-state index contributed by atoms with van der Waals surface area (Å²) in [6.07, 6.45) is 0. The van der Waals surface area contributed by atoms with Gasteiger partial charge in [0, 0.05) is 33.1 Å². The SMILES string of the molecule is Cc1nc(CN2CCN(c3ccc(F)cc3[N+](=O)[O-])CC2)no1. The summed E-state index contributed by atoms with van der Waals surface area (Å²) in [4.78, 5) is 18.8. The molecule has 1 aliphatic heterocycles. The van der Waals surface area contributed by atoms with Gasteiger partial charge in [0.2, 0.25) is 5.89 Å². The lowest BCUT2D eigenvalue weighted by Crippen LogP contribution is -2.46. The van der Waals surface area contributed by atoms with E-state index in [4.69, 9.17) is 4.52 Å². The average molecular weight is 321 g/mol. The summed E-state index contributed by atoms with van der Waals surface area (Å²) in [7, 11) is 0. The first-order valence-corrected chi connectivity index (χ1v) is 7.23. The molecule has 0 unspecified atom stereocenters. The molecular formula is C14H16FN5O3. The molecule has 9 heteroatoms. The zero-order valence-electron chi connectivity index (χ0n) is 12.6. The van der Waals surface area contributed by atoms with Crippen molar-refractivity contribution < 1.29 is 13.8 Å². The van der Waals surface area contributed by atoms with Crippen molar-refractivity contribution >= 4 is 11.4 Å². The van der Waals surface area contributed by atoms with E-state index in [-0.39, 0.29) is 5.69 Å². The van der Waals surface area contributed by atoms with E-state index in [1.807, 2.05) is 4.90 Å². The van der Waals surface area contributed by atoms with Gasteiger partial charge in [0.1, 0.15) is 11.5 Å². The van der Waals surface area contributed by atoms with Crippen molar-refractivity contribution in [2.24, 2.45) is 0 Å². The first-order valence-electron chi connectivity index (χ1n) is 7.23. The normalized spacial score (nSPS) is 15.8. The summed E-state index contributed by atoms with van der Waals surface area (Å²) in [5.74, 6) is 0.552. The molecule has 1 aromatic heterocycles. The van der Waals surface area contributed by atoms with Gasteiger partial charge in [-0.05, 0) is 12.1 Å². The van der Waals surface area contributed by atoms with Gasteiger partial charge in [-0.1, -0.05) is 5.16 Å². The molecule has 2 heterocycles. The van der Waals surface area contributed by atoms with Crippen molar-refractivity contribution in [2.75, 3.05) is 31.1 Å². The Labute approximate surface area is 131 Å². The quantitative estimate of drug-likeness (QED) is 0.626. The van der Waals surface area contributed by atoms with Crippen LogP contribution in [0.5, 0.6) is 0 Å². The van der Waals surface area contributed by atoms with Crippen molar-refractivity contribution in [3.63, 3.8) is 0 Å². The van der Waals surface area contributed by atoms with E-state index >= 15 is 0 Å². The third kappa shape index (κ3) is 3.45. The first kappa shape index (κ1) is 15.3. The lowest BCUT2D eigenvalue weighted by molar-refractivity contribution is -0.384. The molecule has 0 spiro atoms. The van der Waals surface area contributed by atoms with Crippen molar-refractivity contribution in [1.82, 2.24) is 15.0 Å². The average Bonchev–Trinajstić information content (AvgIpc) is 2.93. The van der Waals surface area contributed by atoms with E-state index in [1.54, 1.807) is 6.92 Å². The number of benzene rings is 1. The predicted octanol–water partition coefficient (Wildman–Crippen LogP) is 1.75. The molecule has 0 bridgehead atoms. The molecule has 0 aliphatic carbocycles. The van der Waals surface area contributed by atoms with Crippen LogP contribution in [0.1, 0.15) is 11.7 Å². The van der Waals surface area contributed by atoms with Crippen LogP contribution in [0.4, 0.5) is 15.8 Å². The van der Waals surface area contributed by atoms with Crippen LogP contribution >= 0.6 is 0 Å². The molecule has 0 radical (unpaired) electrons. The molecule has 3 rings (SSSR count). The van der Waals surface area contributed by atoms with Gasteiger partial charge in [-0.15, -0.1) is 0 Å². The highest BCUT2D eigenvalue weighted by molar-refractivity contribution is 5.63. The topological polar surface area (TPSA) is 88.5 Å². The van der Waals surface area contributed by atoms with Crippen molar-refractivity contribution in [1.29, 1.82) is 0 Å². The van der Waals surface area contributed by atoms with Gasteiger partial charge in [0.25, 0.3) is 5.69 Å². The number of halogens is 1. The Morgan fingerprint density at radius 3 is 2.70 bits per heavy atom. The van der Waals surface area contributed by atoms with Crippen LogP contribution in [0.25, 0.3) is 0 Å². The molecule has 0 amide bonds. The molecule has 122 valence electrons. The fourth-order valence-corrected chi connectivity index (χ4v) is 2.66. The van der Waals surface area contributed by atoms with E-state index in [1.165, 1.54) is 12.1 Å². The number of anilines is 1. The van der Waals surface area contributed by atoms with Crippen LogP contribution in [0, 0.1) is 22.9 Å². The summed E-state index contributed by atoms with van der Waals surface area (Å²) in [5.41, 5.74) is 0.249. The summed E-state index contributed by atoms with van der Waals surface area (Å²) in [6.45, 7) is 4.97. The zero-order valence-corrected chi connectivity index (χ0v) is 12.6. The van der Waals surface area contributed by atoms with Gasteiger partial charge in [-0.2, -0.15) is 4.98 Å². The summed E-state index contributed by atoms with van der Waals surface area (Å²) in [5, 5.41) is 15.0. The maximum Gasteiger partial charge on any atom is 0.295 e. The van der Waals surface area contributed by atoms with E-state index < -0.39 is 10.7 Å². The van der Waals surface area contributed by atoms with Gasteiger partial charge < -0.3 is 9.42 Å². The minimum Gasteiger partial charge on any atom is -0.363 e. The number of piperazine rings is 1. The summed E-state index contributed by atoms with van der Waals surface area (Å²) >= 11 is 0. The number of aryl methyl sites for hydroxylation is 1. The largest absolute Gasteiger partial charge is 0.363 e. The van der Waals surface area contributed by atoms with Crippen LogP contribution in [-0.2, 0) is 6.54 Å². The number of aromatic nitrogens is 2. The molecule has 0 saturated carbocycles. The van der Waals surface area contributed by atoms with E-state index in [2.05, 4.69) is 15.0 Å². The van der Waals surface area contributed by atoms with E-state index in [0.717, 1.165) is 6.07 Å². The van der Waals surface area contributed by atoms with Crippen LogP contribution in [0.15, 0.2) is 22.7 Å². The van der Waals surface area contributed by atoms with Crippen LogP contribution < -0.4 is 4.90 Å². The van der Waals surface area contributed by atoms with Crippen molar-refractivity contribution in [3.8, 4) is 0 Å². The molecule has 23 heavy (non-hydrogen) atoms. The molecule has 1 fully saturated rings. The third-order valence-corrected chi connectivity index (χ3v) is 3.78. The Hall–Kier alpha value is -2.55. The Balaban J connectivity index is 1.66. The molecule has 8 nitrogen and oxygen atoms in total. The lowest BCUT2D eigenvalue weighted by atomic mass is 10.2. The molecule has 0 atom stereocenters. The highest BCUT2D eigenvalue weighted by Gasteiger charge is 2.24. The van der Waals surface area contributed by atoms with Gasteiger partial charge in [-0.3, -0.25) is 15.0 Å². The van der Waals surface area contributed by atoms with Crippen LogP contribution in [0.2, 0.25) is 0 Å². The fourth-order valence-electron chi connectivity index (χ4n) is 2.66. The highest BCUT2D eigenvalue weighted by atomic mass is 19.1. The van der Waals surface area contributed by atoms with E-state index in [0.29, 0.717) is 50.1 Å². The Morgan fingerprint density at radius 2 is 2.09 bits per heavy atom.